The number of nitrogens with one attached hydrogen (secondary N) is 1. The standard InChI is InChI=1S/C31H36N4O4S/c1-4-20(2)23-12-8-9-13-25(23)38-16-17-39-26-15-14-21(19-27(26)37-3)18-24-28(32)35-31(33-29(24)36)40-30(34-35)22-10-6-5-7-11-22/h8-9,12-15,18-20,22,32H,4-7,10-11,16-17H2,1-3H3/b24-18-,32-28?/t20-/m1/s1. The van der Waals surface area contributed by atoms with E-state index in [9.17, 15) is 4.79 Å². The number of hydrogen-bond acceptors (Lipinski definition) is 7. The maximum absolute atomic E-state index is 12.9. The van der Waals surface area contributed by atoms with Crippen molar-refractivity contribution >= 4 is 39.8 Å². The summed E-state index contributed by atoms with van der Waals surface area (Å²) in [5.41, 5.74) is 2.10. The molecule has 1 aliphatic carbocycles. The van der Waals surface area contributed by atoms with Crippen molar-refractivity contribution in [3.63, 3.8) is 0 Å². The summed E-state index contributed by atoms with van der Waals surface area (Å²) in [4.78, 5) is 17.1. The lowest BCUT2D eigenvalue weighted by molar-refractivity contribution is -0.114. The molecule has 210 valence electrons. The maximum Gasteiger partial charge on any atom is 0.283 e. The van der Waals surface area contributed by atoms with Gasteiger partial charge < -0.3 is 14.2 Å². The number of fused-ring (bicyclic) bond motifs is 1. The highest BCUT2D eigenvalue weighted by molar-refractivity contribution is 8.27. The van der Waals surface area contributed by atoms with E-state index in [0.29, 0.717) is 47.3 Å². The molecular weight excluding hydrogens is 524 g/mol. The second-order valence-electron chi connectivity index (χ2n) is 10.2. The number of para-hydroxylation sites is 1. The highest BCUT2D eigenvalue weighted by Gasteiger charge is 2.38. The first-order valence-electron chi connectivity index (χ1n) is 14.0. The first-order valence-corrected chi connectivity index (χ1v) is 14.8. The molecule has 0 aromatic heterocycles. The van der Waals surface area contributed by atoms with E-state index in [-0.39, 0.29) is 11.4 Å². The van der Waals surface area contributed by atoms with Crippen LogP contribution in [0.3, 0.4) is 0 Å². The summed E-state index contributed by atoms with van der Waals surface area (Å²) in [6, 6.07) is 13.5. The number of rotatable bonds is 10. The van der Waals surface area contributed by atoms with Crippen LogP contribution in [0, 0.1) is 11.3 Å². The molecule has 2 aromatic rings. The molecule has 9 heteroatoms. The number of carbonyl (C=O) groups is 1. The Morgan fingerprint density at radius 2 is 1.82 bits per heavy atom. The Morgan fingerprint density at radius 3 is 2.58 bits per heavy atom. The SMILES string of the molecule is CC[C@@H](C)c1ccccc1OCCOc1ccc(/C=C2/C(=N)N3N=C(C4CCCCC4)SC3=NC2=O)cc1OC. The number of carbonyl (C=O) groups excluding carboxylic acids is 1. The second-order valence-corrected chi connectivity index (χ2v) is 11.2. The topological polar surface area (TPSA) is 96.6 Å². The fourth-order valence-electron chi connectivity index (χ4n) is 5.12. The van der Waals surface area contributed by atoms with Gasteiger partial charge in [-0.05, 0) is 72.3 Å². The molecule has 40 heavy (non-hydrogen) atoms. The van der Waals surface area contributed by atoms with Crippen molar-refractivity contribution in [3.8, 4) is 17.2 Å². The van der Waals surface area contributed by atoms with Gasteiger partial charge in [-0.1, -0.05) is 57.4 Å². The zero-order valence-corrected chi connectivity index (χ0v) is 24.1. The van der Waals surface area contributed by atoms with E-state index in [2.05, 4.69) is 30.0 Å². The summed E-state index contributed by atoms with van der Waals surface area (Å²) in [5.74, 6) is 2.41. The van der Waals surface area contributed by atoms with Gasteiger partial charge in [-0.2, -0.15) is 15.1 Å². The molecule has 1 amide bonds. The fourth-order valence-corrected chi connectivity index (χ4v) is 6.18. The van der Waals surface area contributed by atoms with Crippen molar-refractivity contribution in [2.75, 3.05) is 20.3 Å². The summed E-state index contributed by atoms with van der Waals surface area (Å²) in [6.07, 6.45) is 8.55. The zero-order chi connectivity index (χ0) is 28.1. The molecule has 2 aliphatic heterocycles. The van der Waals surface area contributed by atoms with Crippen molar-refractivity contribution in [1.82, 2.24) is 5.01 Å². The van der Waals surface area contributed by atoms with Crippen molar-refractivity contribution in [2.45, 2.75) is 58.3 Å². The van der Waals surface area contributed by atoms with Crippen LogP contribution in [-0.2, 0) is 4.79 Å². The first kappa shape index (κ1) is 28.0. The quantitative estimate of drug-likeness (QED) is 0.252. The van der Waals surface area contributed by atoms with Crippen LogP contribution >= 0.6 is 11.8 Å². The molecule has 2 heterocycles. The van der Waals surface area contributed by atoms with Crippen LogP contribution in [0.25, 0.3) is 6.08 Å². The number of thioether (sulfide) groups is 1. The minimum Gasteiger partial charge on any atom is -0.493 e. The Labute approximate surface area is 240 Å². The van der Waals surface area contributed by atoms with Crippen LogP contribution in [0.2, 0.25) is 0 Å². The fraction of sp³-hybridized carbons (Fsp3) is 0.419. The predicted octanol–water partition coefficient (Wildman–Crippen LogP) is 6.87. The number of aliphatic imine (C=N–C) groups is 1. The lowest BCUT2D eigenvalue weighted by Gasteiger charge is -2.20. The van der Waals surface area contributed by atoms with Gasteiger partial charge >= 0.3 is 0 Å². The van der Waals surface area contributed by atoms with E-state index >= 15 is 0 Å². The van der Waals surface area contributed by atoms with Gasteiger partial charge in [-0.3, -0.25) is 10.2 Å². The third-order valence-electron chi connectivity index (χ3n) is 7.58. The van der Waals surface area contributed by atoms with Gasteiger partial charge in [0.1, 0.15) is 24.0 Å². The molecule has 0 unspecified atom stereocenters. The molecule has 5 rings (SSSR count). The molecule has 0 saturated heterocycles. The van der Waals surface area contributed by atoms with E-state index in [1.165, 1.54) is 41.6 Å². The molecule has 0 bridgehead atoms. The van der Waals surface area contributed by atoms with E-state index < -0.39 is 5.91 Å². The average Bonchev–Trinajstić information content (AvgIpc) is 3.42. The molecule has 0 spiro atoms. The van der Waals surface area contributed by atoms with Gasteiger partial charge in [-0.25, -0.2) is 0 Å². The van der Waals surface area contributed by atoms with Gasteiger partial charge in [0.15, 0.2) is 17.3 Å². The summed E-state index contributed by atoms with van der Waals surface area (Å²) in [6.45, 7) is 5.10. The Bertz CT molecular complexity index is 1360. The van der Waals surface area contributed by atoms with Crippen LogP contribution in [0.5, 0.6) is 17.2 Å². The monoisotopic (exact) mass is 560 g/mol. The minimum absolute atomic E-state index is 0.0439. The van der Waals surface area contributed by atoms with Gasteiger partial charge in [0.2, 0.25) is 5.17 Å². The van der Waals surface area contributed by atoms with E-state index in [1.54, 1.807) is 25.3 Å². The molecule has 3 aliphatic rings. The smallest absolute Gasteiger partial charge is 0.283 e. The molecule has 8 nitrogen and oxygen atoms in total. The van der Waals surface area contributed by atoms with Crippen LogP contribution < -0.4 is 14.2 Å². The molecule has 1 atom stereocenters. The number of amides is 1. The molecule has 0 radical (unpaired) electrons. The normalized spacial score (nSPS) is 19.3. The van der Waals surface area contributed by atoms with Crippen molar-refractivity contribution in [3.05, 3.63) is 59.2 Å². The molecule has 1 N–H and O–H groups in total. The highest BCUT2D eigenvalue weighted by atomic mass is 32.2. The molecule has 1 fully saturated rings. The number of benzene rings is 2. The number of hydrazone groups is 1. The Morgan fingerprint density at radius 1 is 1.07 bits per heavy atom. The van der Waals surface area contributed by atoms with Crippen LogP contribution in [-0.4, -0.2) is 47.3 Å². The largest absolute Gasteiger partial charge is 0.493 e. The highest BCUT2D eigenvalue weighted by Crippen LogP contribution is 2.37. The van der Waals surface area contributed by atoms with Crippen LogP contribution in [0.1, 0.15) is 69.4 Å². The molecular formula is C31H36N4O4S. The molecule has 2 aromatic carbocycles. The van der Waals surface area contributed by atoms with Gasteiger partial charge in [0.05, 0.1) is 12.7 Å². The first-order chi connectivity index (χ1) is 19.5. The minimum atomic E-state index is -0.432. The number of methoxy groups -OCH3 is 1. The third kappa shape index (κ3) is 6.09. The zero-order valence-electron chi connectivity index (χ0n) is 23.3. The van der Waals surface area contributed by atoms with Crippen molar-refractivity contribution in [2.24, 2.45) is 16.0 Å². The van der Waals surface area contributed by atoms with Gasteiger partial charge in [-0.15, -0.1) is 0 Å². The van der Waals surface area contributed by atoms with Gasteiger partial charge in [0, 0.05) is 5.92 Å². The molecule has 1 saturated carbocycles. The van der Waals surface area contributed by atoms with E-state index in [0.717, 1.165) is 30.1 Å². The predicted molar refractivity (Wildman–Crippen MR) is 161 cm³/mol. The number of nitrogens with zero attached hydrogens (tertiary/aromatic N) is 3. The Kier molecular flexibility index (Phi) is 8.89. The summed E-state index contributed by atoms with van der Waals surface area (Å²) in [7, 11) is 1.57. The lowest BCUT2D eigenvalue weighted by atomic mass is 9.90. The summed E-state index contributed by atoms with van der Waals surface area (Å²) in [5, 5.41) is 16.3. The Balaban J connectivity index is 1.24. The van der Waals surface area contributed by atoms with Crippen molar-refractivity contribution in [1.29, 1.82) is 5.41 Å². The average molecular weight is 561 g/mol. The maximum atomic E-state index is 12.9. The summed E-state index contributed by atoms with van der Waals surface area (Å²) < 4.78 is 17.5. The second kappa shape index (κ2) is 12.7. The van der Waals surface area contributed by atoms with Crippen LogP contribution in [0.15, 0.2) is 58.1 Å². The third-order valence-corrected chi connectivity index (χ3v) is 8.65. The van der Waals surface area contributed by atoms with E-state index in [1.807, 2.05) is 24.3 Å². The number of hydrogen-bond donors (Lipinski definition) is 1. The van der Waals surface area contributed by atoms with Crippen molar-refractivity contribution < 1.29 is 19.0 Å². The summed E-state index contributed by atoms with van der Waals surface area (Å²) >= 11 is 1.43. The Hall–Kier alpha value is -3.59. The number of ether oxygens (including phenoxy) is 3. The van der Waals surface area contributed by atoms with E-state index in [4.69, 9.17) is 19.6 Å². The number of amidine groups is 2. The van der Waals surface area contributed by atoms with Gasteiger partial charge in [0.25, 0.3) is 5.91 Å². The van der Waals surface area contributed by atoms with Crippen LogP contribution in [0.4, 0.5) is 0 Å². The lowest BCUT2D eigenvalue weighted by Crippen LogP contribution is -2.35.